The average molecular weight is 582 g/mol. The molecule has 0 radical (unpaired) electrons. The summed E-state index contributed by atoms with van der Waals surface area (Å²) in [7, 11) is -2.97. The highest BCUT2D eigenvalue weighted by Crippen LogP contribution is 2.34. The molecule has 208 valence electrons. The maximum Gasteiger partial charge on any atom is 0.416 e. The summed E-state index contributed by atoms with van der Waals surface area (Å²) in [4.78, 5) is 13.3. The number of aromatic nitrogens is 2. The summed E-state index contributed by atoms with van der Waals surface area (Å²) >= 11 is 6.43. The Balaban J connectivity index is 1.36. The Morgan fingerprint density at radius 3 is 2.41 bits per heavy atom. The minimum absolute atomic E-state index is 0.126. The Labute approximate surface area is 229 Å². The summed E-state index contributed by atoms with van der Waals surface area (Å²) in [6, 6.07) is 12.4. The predicted molar refractivity (Wildman–Crippen MR) is 144 cm³/mol. The predicted octanol–water partition coefficient (Wildman–Crippen LogP) is 4.56. The van der Waals surface area contributed by atoms with Crippen LogP contribution in [0.2, 0.25) is 5.02 Å². The lowest BCUT2D eigenvalue weighted by Crippen LogP contribution is -2.42. The van der Waals surface area contributed by atoms with Gasteiger partial charge in [0.15, 0.2) is 9.84 Å². The van der Waals surface area contributed by atoms with Gasteiger partial charge in [0.05, 0.1) is 40.0 Å². The normalized spacial score (nSPS) is 17.5. The number of fused-ring (bicyclic) bond motifs is 1. The summed E-state index contributed by atoms with van der Waals surface area (Å²) in [6.45, 7) is 2.77. The first-order valence-electron chi connectivity index (χ1n) is 12.5. The van der Waals surface area contributed by atoms with E-state index in [1.54, 1.807) is 0 Å². The van der Waals surface area contributed by atoms with Crippen LogP contribution in [-0.2, 0) is 29.0 Å². The lowest BCUT2D eigenvalue weighted by atomic mass is 10.0. The van der Waals surface area contributed by atoms with Crippen LogP contribution in [-0.4, -0.2) is 67.6 Å². The van der Waals surface area contributed by atoms with E-state index in [-0.39, 0.29) is 24.1 Å². The lowest BCUT2D eigenvalue weighted by molar-refractivity contribution is -0.137. The average Bonchev–Trinajstić information content (AvgIpc) is 2.89. The van der Waals surface area contributed by atoms with Crippen LogP contribution < -0.4 is 15.0 Å². The molecule has 5 rings (SSSR count). The van der Waals surface area contributed by atoms with Crippen molar-refractivity contribution in [1.82, 2.24) is 14.9 Å². The summed E-state index contributed by atoms with van der Waals surface area (Å²) in [5.74, 6) is 0.723. The molecule has 0 saturated carbocycles. The van der Waals surface area contributed by atoms with Gasteiger partial charge in [-0.25, -0.2) is 8.42 Å². The molecule has 13 heteroatoms. The fourth-order valence-corrected chi connectivity index (χ4v) is 6.14. The largest absolute Gasteiger partial charge is 0.462 e. The number of nitrogens with one attached hydrogen (secondary N) is 1. The molecule has 0 spiro atoms. The quantitative estimate of drug-likeness (QED) is 0.434. The van der Waals surface area contributed by atoms with E-state index in [9.17, 15) is 21.6 Å². The second kappa shape index (κ2) is 11.2. The van der Waals surface area contributed by atoms with Crippen molar-refractivity contribution in [3.8, 4) is 6.01 Å². The number of hydrogen-bond donors (Lipinski definition) is 1. The van der Waals surface area contributed by atoms with Crippen LogP contribution in [0.4, 0.5) is 30.4 Å². The first-order valence-corrected chi connectivity index (χ1v) is 14.7. The monoisotopic (exact) mass is 581 g/mol. The SMILES string of the molecule is O=S1(=O)CCN(CCOc2nc3c(c(Nc4ccc(C(F)(F)F)cc4)n2)CCN(c2ccccc2Cl)C3)CC1. The zero-order chi connectivity index (χ0) is 27.6. The second-order valence-electron chi connectivity index (χ2n) is 9.45. The number of nitrogens with zero attached hydrogens (tertiary/aromatic N) is 4. The molecule has 2 aliphatic rings. The number of hydrogen-bond acceptors (Lipinski definition) is 8. The second-order valence-corrected chi connectivity index (χ2v) is 12.2. The van der Waals surface area contributed by atoms with E-state index < -0.39 is 21.6 Å². The molecule has 0 aliphatic carbocycles. The molecule has 2 aliphatic heterocycles. The van der Waals surface area contributed by atoms with Crippen LogP contribution in [0, 0.1) is 0 Å². The highest BCUT2D eigenvalue weighted by molar-refractivity contribution is 7.91. The third kappa shape index (κ3) is 6.74. The van der Waals surface area contributed by atoms with E-state index in [1.165, 1.54) is 12.1 Å². The van der Waals surface area contributed by atoms with Gasteiger partial charge in [0.1, 0.15) is 12.4 Å². The zero-order valence-corrected chi connectivity index (χ0v) is 22.5. The molecular formula is C26H27ClF3N5O3S. The van der Waals surface area contributed by atoms with Gasteiger partial charge in [-0.1, -0.05) is 23.7 Å². The number of ether oxygens (including phenoxy) is 1. The minimum atomic E-state index is -4.42. The maximum atomic E-state index is 13.0. The molecule has 39 heavy (non-hydrogen) atoms. The number of rotatable bonds is 7. The van der Waals surface area contributed by atoms with Crippen LogP contribution in [0.3, 0.4) is 0 Å². The molecule has 1 aromatic heterocycles. The van der Waals surface area contributed by atoms with Crippen LogP contribution in [0.5, 0.6) is 6.01 Å². The van der Waals surface area contributed by atoms with Crippen molar-refractivity contribution in [2.75, 3.05) is 54.5 Å². The molecule has 2 aromatic carbocycles. The van der Waals surface area contributed by atoms with Crippen molar-refractivity contribution < 1.29 is 26.3 Å². The number of benzene rings is 2. The van der Waals surface area contributed by atoms with Crippen LogP contribution in [0.25, 0.3) is 0 Å². The molecule has 0 amide bonds. The molecule has 1 N–H and O–H groups in total. The third-order valence-electron chi connectivity index (χ3n) is 6.79. The first-order chi connectivity index (χ1) is 18.6. The molecule has 0 unspecified atom stereocenters. The van der Waals surface area contributed by atoms with Crippen LogP contribution in [0.1, 0.15) is 16.8 Å². The number of para-hydroxylation sites is 1. The van der Waals surface area contributed by atoms with Crippen molar-refractivity contribution in [1.29, 1.82) is 0 Å². The lowest BCUT2D eigenvalue weighted by Gasteiger charge is -2.31. The third-order valence-corrected chi connectivity index (χ3v) is 8.72. The Kier molecular flexibility index (Phi) is 7.88. The number of halogens is 4. The number of alkyl halides is 3. The van der Waals surface area contributed by atoms with Crippen molar-refractivity contribution in [2.45, 2.75) is 19.1 Å². The Bertz CT molecular complexity index is 1420. The van der Waals surface area contributed by atoms with E-state index in [1.807, 2.05) is 29.2 Å². The van der Waals surface area contributed by atoms with Gasteiger partial charge in [0.25, 0.3) is 0 Å². The smallest absolute Gasteiger partial charge is 0.416 e. The van der Waals surface area contributed by atoms with E-state index >= 15 is 0 Å². The number of anilines is 3. The van der Waals surface area contributed by atoms with Crippen molar-refractivity contribution in [3.05, 3.63) is 70.4 Å². The molecular weight excluding hydrogens is 555 g/mol. The highest BCUT2D eigenvalue weighted by Gasteiger charge is 2.30. The molecule has 0 bridgehead atoms. The van der Waals surface area contributed by atoms with Gasteiger partial charge >= 0.3 is 12.2 Å². The van der Waals surface area contributed by atoms with E-state index in [0.29, 0.717) is 55.7 Å². The Morgan fingerprint density at radius 1 is 1.00 bits per heavy atom. The molecule has 3 heterocycles. The van der Waals surface area contributed by atoms with E-state index in [4.69, 9.17) is 16.3 Å². The zero-order valence-electron chi connectivity index (χ0n) is 20.9. The van der Waals surface area contributed by atoms with E-state index in [2.05, 4.69) is 20.2 Å². The molecule has 3 aromatic rings. The Hall–Kier alpha value is -3.09. The summed E-state index contributed by atoms with van der Waals surface area (Å²) in [5, 5.41) is 3.77. The van der Waals surface area contributed by atoms with Crippen LogP contribution in [0.15, 0.2) is 48.5 Å². The topological polar surface area (TPSA) is 87.7 Å². The van der Waals surface area contributed by atoms with Crippen molar-refractivity contribution >= 4 is 38.6 Å². The molecule has 1 fully saturated rings. The summed E-state index contributed by atoms with van der Waals surface area (Å²) in [6.07, 6.45) is -3.83. The fourth-order valence-electron chi connectivity index (χ4n) is 4.61. The van der Waals surface area contributed by atoms with Gasteiger partial charge < -0.3 is 15.0 Å². The first kappa shape index (κ1) is 27.5. The summed E-state index contributed by atoms with van der Waals surface area (Å²) in [5.41, 5.74) is 2.18. The fraction of sp³-hybridized carbons (Fsp3) is 0.385. The van der Waals surface area contributed by atoms with Gasteiger partial charge in [0, 0.05) is 37.4 Å². The van der Waals surface area contributed by atoms with Crippen molar-refractivity contribution in [2.24, 2.45) is 0 Å². The minimum Gasteiger partial charge on any atom is -0.462 e. The molecule has 0 atom stereocenters. The highest BCUT2D eigenvalue weighted by atomic mass is 35.5. The maximum absolute atomic E-state index is 13.0. The number of sulfone groups is 1. The van der Waals surface area contributed by atoms with Gasteiger partial charge in [-0.3, -0.25) is 4.90 Å². The summed E-state index contributed by atoms with van der Waals surface area (Å²) < 4.78 is 68.3. The molecule has 1 saturated heterocycles. The molecule has 8 nitrogen and oxygen atoms in total. The Morgan fingerprint density at radius 2 is 1.72 bits per heavy atom. The van der Waals surface area contributed by atoms with Crippen molar-refractivity contribution in [3.63, 3.8) is 0 Å². The van der Waals surface area contributed by atoms with E-state index in [0.717, 1.165) is 29.1 Å². The standard InChI is InChI=1S/C26H27ClF3N5O3S/c27-21-3-1-2-4-23(21)35-10-9-20-22(17-35)32-25(38-14-11-34-12-15-39(36,37)16-13-34)33-24(20)31-19-7-5-18(6-8-19)26(28,29)30/h1-8H,9-17H2,(H,31,32,33). The van der Waals surface area contributed by atoms with Crippen LogP contribution >= 0.6 is 11.6 Å². The van der Waals surface area contributed by atoms with Gasteiger partial charge in [-0.2, -0.15) is 23.1 Å². The van der Waals surface area contributed by atoms with Gasteiger partial charge in [-0.05, 0) is 42.8 Å². The van der Waals surface area contributed by atoms with Gasteiger partial charge in [-0.15, -0.1) is 0 Å². The van der Waals surface area contributed by atoms with Gasteiger partial charge in [0.2, 0.25) is 0 Å².